The maximum Gasteiger partial charge on any atom is 0.332 e. The number of hydrogen-bond acceptors (Lipinski definition) is 3. The second-order valence-corrected chi connectivity index (χ2v) is 6.55. The molecule has 0 saturated heterocycles. The largest absolute Gasteiger partial charge is 0.332 e. The van der Waals surface area contributed by atoms with E-state index in [4.69, 9.17) is 0 Å². The summed E-state index contributed by atoms with van der Waals surface area (Å²) in [5, 5.41) is 5.08. The van der Waals surface area contributed by atoms with E-state index in [9.17, 15) is 9.59 Å². The van der Waals surface area contributed by atoms with Crippen LogP contribution in [0.5, 0.6) is 0 Å². The van der Waals surface area contributed by atoms with Crippen molar-refractivity contribution in [2.24, 2.45) is 7.05 Å². The number of rotatable bonds is 10. The van der Waals surface area contributed by atoms with Gasteiger partial charge in [0.15, 0.2) is 5.65 Å². The van der Waals surface area contributed by atoms with Crippen molar-refractivity contribution in [2.45, 2.75) is 78.3 Å². The second kappa shape index (κ2) is 8.85. The summed E-state index contributed by atoms with van der Waals surface area (Å²) in [4.78, 5) is 24.8. The van der Waals surface area contributed by atoms with Gasteiger partial charge in [-0.2, -0.15) is 5.10 Å². The van der Waals surface area contributed by atoms with Gasteiger partial charge in [-0.25, -0.2) is 4.79 Å². The van der Waals surface area contributed by atoms with Crippen molar-refractivity contribution in [2.75, 3.05) is 0 Å². The lowest BCUT2D eigenvalue weighted by Gasteiger charge is -2.08. The normalized spacial score (nSPS) is 11.5. The quantitative estimate of drug-likeness (QED) is 0.627. The molecule has 0 atom stereocenters. The van der Waals surface area contributed by atoms with Crippen LogP contribution in [-0.2, 0) is 20.1 Å². The molecule has 0 aromatic carbocycles. The monoisotopic (exact) mass is 334 g/mol. The molecular weight excluding hydrogens is 304 g/mol. The van der Waals surface area contributed by atoms with Crippen LogP contribution in [0.25, 0.3) is 11.0 Å². The Hall–Kier alpha value is -1.85. The van der Waals surface area contributed by atoms with Crippen LogP contribution in [0.3, 0.4) is 0 Å². The molecule has 0 amide bonds. The van der Waals surface area contributed by atoms with Gasteiger partial charge >= 0.3 is 5.69 Å². The van der Waals surface area contributed by atoms with Crippen LogP contribution >= 0.6 is 0 Å². The van der Waals surface area contributed by atoms with Crippen LogP contribution in [0.2, 0.25) is 0 Å². The SMILES string of the molecule is CCCCCCn1cc2c(=O)n(C)c(=O)n(CCCCCC)c2n1. The molecule has 24 heavy (non-hydrogen) atoms. The fourth-order valence-corrected chi connectivity index (χ4v) is 3.01. The van der Waals surface area contributed by atoms with Crippen LogP contribution in [0.4, 0.5) is 0 Å². The molecule has 0 spiro atoms. The average molecular weight is 334 g/mol. The second-order valence-electron chi connectivity index (χ2n) is 6.55. The molecule has 0 fully saturated rings. The van der Waals surface area contributed by atoms with Crippen molar-refractivity contribution in [3.05, 3.63) is 27.0 Å². The zero-order valence-electron chi connectivity index (χ0n) is 15.3. The Balaban J connectivity index is 2.28. The van der Waals surface area contributed by atoms with Gasteiger partial charge in [0, 0.05) is 26.3 Å². The van der Waals surface area contributed by atoms with E-state index >= 15 is 0 Å². The lowest BCUT2D eigenvalue weighted by molar-refractivity contribution is 0.531. The van der Waals surface area contributed by atoms with Gasteiger partial charge in [0.05, 0.1) is 0 Å². The van der Waals surface area contributed by atoms with Crippen molar-refractivity contribution in [1.82, 2.24) is 18.9 Å². The molecule has 0 aliphatic rings. The number of hydrogen-bond donors (Lipinski definition) is 0. The standard InChI is InChI=1S/C18H30N4O2/c1-4-6-8-10-12-21-14-15-16(19-21)22(13-11-9-7-5-2)18(24)20(3)17(15)23/h14H,4-13H2,1-3H3. The highest BCUT2D eigenvalue weighted by Gasteiger charge is 2.14. The molecule has 0 N–H and O–H groups in total. The predicted octanol–water partition coefficient (Wildman–Crippen LogP) is 3.06. The Morgan fingerprint density at radius 1 is 0.917 bits per heavy atom. The number of unbranched alkanes of at least 4 members (excludes halogenated alkanes) is 6. The van der Waals surface area contributed by atoms with Crippen molar-refractivity contribution < 1.29 is 0 Å². The third-order valence-corrected chi connectivity index (χ3v) is 4.53. The summed E-state index contributed by atoms with van der Waals surface area (Å²) in [6, 6.07) is 0. The Kier molecular flexibility index (Phi) is 6.82. The smallest absolute Gasteiger partial charge is 0.276 e. The van der Waals surface area contributed by atoms with Crippen molar-refractivity contribution in [3.8, 4) is 0 Å². The number of fused-ring (bicyclic) bond motifs is 1. The third kappa shape index (κ3) is 4.16. The molecular formula is C18H30N4O2. The summed E-state index contributed by atoms with van der Waals surface area (Å²) in [6.07, 6.45) is 10.8. The molecule has 0 aliphatic heterocycles. The lowest BCUT2D eigenvalue weighted by Crippen LogP contribution is -2.38. The fraction of sp³-hybridized carbons (Fsp3) is 0.722. The molecule has 0 bridgehead atoms. The van der Waals surface area contributed by atoms with E-state index in [1.165, 1.54) is 17.4 Å². The van der Waals surface area contributed by atoms with Gasteiger partial charge in [0.25, 0.3) is 5.56 Å². The minimum atomic E-state index is -0.264. The molecule has 0 saturated carbocycles. The Morgan fingerprint density at radius 2 is 1.54 bits per heavy atom. The molecule has 134 valence electrons. The van der Waals surface area contributed by atoms with E-state index in [1.54, 1.807) is 17.8 Å². The summed E-state index contributed by atoms with van der Waals surface area (Å²) in [5.74, 6) is 0. The first-order valence-electron chi connectivity index (χ1n) is 9.27. The summed E-state index contributed by atoms with van der Waals surface area (Å²) in [6.45, 7) is 5.76. The first-order valence-corrected chi connectivity index (χ1v) is 9.27. The minimum Gasteiger partial charge on any atom is -0.276 e. The highest BCUT2D eigenvalue weighted by molar-refractivity contribution is 5.73. The van der Waals surface area contributed by atoms with Crippen LogP contribution in [-0.4, -0.2) is 18.9 Å². The first kappa shape index (κ1) is 18.5. The van der Waals surface area contributed by atoms with Crippen molar-refractivity contribution in [3.63, 3.8) is 0 Å². The summed E-state index contributed by atoms with van der Waals surface area (Å²) >= 11 is 0. The van der Waals surface area contributed by atoms with Crippen molar-refractivity contribution >= 4 is 11.0 Å². The van der Waals surface area contributed by atoms with Gasteiger partial charge in [0.1, 0.15) is 5.39 Å². The summed E-state index contributed by atoms with van der Waals surface area (Å²) in [7, 11) is 1.55. The Morgan fingerprint density at radius 3 is 2.17 bits per heavy atom. The van der Waals surface area contributed by atoms with Crippen LogP contribution in [0, 0.1) is 0 Å². The molecule has 0 radical (unpaired) electrons. The number of aromatic nitrogens is 4. The number of aryl methyl sites for hydroxylation is 2. The lowest BCUT2D eigenvalue weighted by atomic mass is 10.2. The van der Waals surface area contributed by atoms with E-state index in [2.05, 4.69) is 18.9 Å². The van der Waals surface area contributed by atoms with E-state index in [0.29, 0.717) is 17.6 Å². The average Bonchev–Trinajstić information content (AvgIpc) is 3.00. The molecule has 2 aromatic heterocycles. The van der Waals surface area contributed by atoms with Gasteiger partial charge in [-0.1, -0.05) is 52.4 Å². The first-order chi connectivity index (χ1) is 11.6. The van der Waals surface area contributed by atoms with Gasteiger partial charge in [0.2, 0.25) is 0 Å². The summed E-state index contributed by atoms with van der Waals surface area (Å²) < 4.78 is 4.68. The maximum atomic E-state index is 12.5. The predicted molar refractivity (Wildman–Crippen MR) is 97.5 cm³/mol. The number of nitrogens with zero attached hydrogens (tertiary/aromatic N) is 4. The molecule has 0 aliphatic carbocycles. The molecule has 6 nitrogen and oxygen atoms in total. The molecule has 2 rings (SSSR count). The highest BCUT2D eigenvalue weighted by Crippen LogP contribution is 2.10. The minimum absolute atomic E-state index is 0.250. The van der Waals surface area contributed by atoms with Crippen LogP contribution in [0.1, 0.15) is 65.2 Å². The van der Waals surface area contributed by atoms with E-state index in [1.807, 2.05) is 4.68 Å². The maximum absolute atomic E-state index is 12.5. The Bertz CT molecular complexity index is 770. The fourth-order valence-electron chi connectivity index (χ4n) is 3.01. The topological polar surface area (TPSA) is 61.8 Å². The molecule has 6 heteroatoms. The van der Waals surface area contributed by atoms with Gasteiger partial charge in [-0.3, -0.25) is 18.6 Å². The Labute approximate surface area is 143 Å². The van der Waals surface area contributed by atoms with Crippen LogP contribution < -0.4 is 11.2 Å². The van der Waals surface area contributed by atoms with Gasteiger partial charge < -0.3 is 0 Å². The third-order valence-electron chi connectivity index (χ3n) is 4.53. The van der Waals surface area contributed by atoms with Crippen molar-refractivity contribution in [1.29, 1.82) is 0 Å². The zero-order chi connectivity index (χ0) is 17.5. The van der Waals surface area contributed by atoms with Crippen LogP contribution in [0.15, 0.2) is 15.8 Å². The zero-order valence-corrected chi connectivity index (χ0v) is 15.3. The molecule has 2 aromatic rings. The van der Waals surface area contributed by atoms with Gasteiger partial charge in [-0.05, 0) is 12.8 Å². The van der Waals surface area contributed by atoms with Gasteiger partial charge in [-0.15, -0.1) is 0 Å². The highest BCUT2D eigenvalue weighted by atomic mass is 16.2. The van der Waals surface area contributed by atoms with E-state index in [-0.39, 0.29) is 11.2 Å². The van der Waals surface area contributed by atoms with E-state index in [0.717, 1.165) is 45.1 Å². The molecule has 2 heterocycles. The van der Waals surface area contributed by atoms with E-state index < -0.39 is 0 Å². The summed E-state index contributed by atoms with van der Waals surface area (Å²) in [5.41, 5.74) is 0.0231. The molecule has 0 unspecified atom stereocenters.